The monoisotopic (exact) mass is 514 g/mol. The Morgan fingerprint density at radius 2 is 1.22 bits per heavy atom. The number of hydrogen-bond acceptors (Lipinski definition) is 13. The summed E-state index contributed by atoms with van der Waals surface area (Å²) in [4.78, 5) is 64.1. The molecule has 1 heterocycles. The van der Waals surface area contributed by atoms with Crippen molar-refractivity contribution < 1.29 is 42.9 Å². The molecule has 2 rings (SSSR count). The number of rotatable bonds is 12. The van der Waals surface area contributed by atoms with Gasteiger partial charge in [-0.2, -0.15) is 0 Å². The molecule has 0 saturated heterocycles. The van der Waals surface area contributed by atoms with Crippen molar-refractivity contribution in [2.24, 2.45) is 0 Å². The number of hydroxylamine groups is 2. The summed E-state index contributed by atoms with van der Waals surface area (Å²) in [7, 11) is 4.75. The van der Waals surface area contributed by atoms with E-state index in [9.17, 15) is 29.3 Å². The zero-order valence-electron chi connectivity index (χ0n) is 21.1. The molecule has 0 unspecified atom stereocenters. The van der Waals surface area contributed by atoms with Crippen molar-refractivity contribution in [2.45, 2.75) is 37.8 Å². The first-order valence-corrected chi connectivity index (χ1v) is 11.5. The third-order valence-electron chi connectivity index (χ3n) is 6.23. The molecule has 0 bridgehead atoms. The molecule has 0 aromatic rings. The lowest BCUT2D eigenvalue weighted by molar-refractivity contribution is -0.560. The van der Waals surface area contributed by atoms with Gasteiger partial charge < -0.3 is 29.2 Å². The van der Waals surface area contributed by atoms with E-state index in [0.717, 1.165) is 22.7 Å². The summed E-state index contributed by atoms with van der Waals surface area (Å²) < 4.78 is 19.6. The van der Waals surface area contributed by atoms with Gasteiger partial charge in [0, 0.05) is 22.6 Å². The third kappa shape index (κ3) is 7.70. The molecule has 1 aliphatic carbocycles. The Hall–Kier alpha value is -3.10. The van der Waals surface area contributed by atoms with Gasteiger partial charge in [0.15, 0.2) is 0 Å². The average Bonchev–Trinajstić information content (AvgIpc) is 2.88. The SMILES string of the molecule is COC(=O)CN(CC(=O)OC)CC1=C(CN(CC(=O)OC)CC(=O)OC)[N+](=O)[C@@H]2CCCC[C@H]2N1[O-]. The smallest absolute Gasteiger partial charge is 0.319 e. The van der Waals surface area contributed by atoms with Crippen LogP contribution in [0.15, 0.2) is 11.4 Å². The second-order valence-corrected chi connectivity index (χ2v) is 8.56. The first-order chi connectivity index (χ1) is 17.1. The number of esters is 4. The van der Waals surface area contributed by atoms with E-state index >= 15 is 0 Å². The molecular formula is C22H34N4O10. The summed E-state index contributed by atoms with van der Waals surface area (Å²) in [6.07, 6.45) is 2.57. The van der Waals surface area contributed by atoms with Crippen LogP contribution in [0, 0.1) is 10.1 Å². The van der Waals surface area contributed by atoms with Gasteiger partial charge in [-0.15, -0.1) is 0 Å². The van der Waals surface area contributed by atoms with Gasteiger partial charge in [0.1, 0.15) is 0 Å². The highest BCUT2D eigenvalue weighted by Gasteiger charge is 2.47. The molecule has 2 aliphatic rings. The van der Waals surface area contributed by atoms with Gasteiger partial charge in [-0.05, 0) is 12.8 Å². The predicted octanol–water partition coefficient (Wildman–Crippen LogP) is -0.602. The van der Waals surface area contributed by atoms with Crippen LogP contribution in [0.4, 0.5) is 0 Å². The van der Waals surface area contributed by atoms with E-state index in [1.54, 1.807) is 0 Å². The van der Waals surface area contributed by atoms with Crippen LogP contribution >= 0.6 is 0 Å². The second-order valence-electron chi connectivity index (χ2n) is 8.56. The van der Waals surface area contributed by atoms with E-state index in [1.165, 1.54) is 38.2 Å². The molecule has 36 heavy (non-hydrogen) atoms. The standard InChI is InChI=1S/C22H34N4O10/c1-33-19(27)11-23(12-20(28)34-2)9-17-18(10-24(13-21(29)35-3)14-22(30)36-4)26(32)16-8-6-5-7-15(16)25(17)31/h15-16H,5-14H2,1-4H3/t15-,16-/m1/s1. The molecule has 14 nitrogen and oxygen atoms in total. The number of carbonyl (C=O) groups excluding carboxylic acids is 4. The largest absolute Gasteiger partial charge is 0.758 e. The minimum Gasteiger partial charge on any atom is -0.758 e. The lowest BCUT2D eigenvalue weighted by Gasteiger charge is -2.47. The number of fused-ring (bicyclic) bond motifs is 1. The lowest BCUT2D eigenvalue weighted by atomic mass is 9.87. The minimum atomic E-state index is -0.651. The van der Waals surface area contributed by atoms with E-state index < -0.39 is 36.0 Å². The molecule has 1 saturated carbocycles. The highest BCUT2D eigenvalue weighted by atomic mass is 16.5. The summed E-state index contributed by atoms with van der Waals surface area (Å²) >= 11 is 0. The van der Waals surface area contributed by atoms with Crippen LogP contribution in [0.25, 0.3) is 0 Å². The van der Waals surface area contributed by atoms with Crippen LogP contribution in [0.5, 0.6) is 0 Å². The van der Waals surface area contributed by atoms with E-state index in [4.69, 9.17) is 18.9 Å². The Labute approximate surface area is 209 Å². The van der Waals surface area contributed by atoms with Gasteiger partial charge in [-0.1, -0.05) is 6.42 Å². The average molecular weight is 515 g/mol. The molecular weight excluding hydrogens is 480 g/mol. The number of nitroso groups, excluding NO2 is 1. The zero-order valence-corrected chi connectivity index (χ0v) is 21.1. The number of nitrogens with zero attached hydrogens (tertiary/aromatic N) is 4. The Bertz CT molecular complexity index is 841. The molecule has 0 aromatic carbocycles. The van der Waals surface area contributed by atoms with Gasteiger partial charge in [-0.3, -0.25) is 29.0 Å². The van der Waals surface area contributed by atoms with Crippen LogP contribution in [0.1, 0.15) is 25.7 Å². The number of hydrogen-bond donors (Lipinski definition) is 0. The number of carbonyl (C=O) groups is 4. The Morgan fingerprint density at radius 3 is 1.67 bits per heavy atom. The summed E-state index contributed by atoms with van der Waals surface area (Å²) in [5.41, 5.74) is 0.0568. The Morgan fingerprint density at radius 1 is 0.806 bits per heavy atom. The van der Waals surface area contributed by atoms with E-state index in [2.05, 4.69) is 0 Å². The van der Waals surface area contributed by atoms with Crippen molar-refractivity contribution in [1.82, 2.24) is 14.9 Å². The number of methoxy groups -OCH3 is 4. The van der Waals surface area contributed by atoms with Crippen molar-refractivity contribution in [2.75, 3.05) is 67.7 Å². The van der Waals surface area contributed by atoms with E-state index in [-0.39, 0.29) is 50.7 Å². The molecule has 1 fully saturated rings. The van der Waals surface area contributed by atoms with Gasteiger partial charge in [0.2, 0.25) is 6.04 Å². The van der Waals surface area contributed by atoms with Crippen LogP contribution in [-0.2, 0) is 38.1 Å². The Balaban J connectivity index is 2.49. The minimum absolute atomic E-state index is 0.0284. The predicted molar refractivity (Wildman–Crippen MR) is 123 cm³/mol. The fraction of sp³-hybridized carbons (Fsp3) is 0.727. The quantitative estimate of drug-likeness (QED) is 0.185. The maximum Gasteiger partial charge on any atom is 0.319 e. The van der Waals surface area contributed by atoms with E-state index in [0.29, 0.717) is 12.8 Å². The molecule has 202 valence electrons. The second kappa shape index (κ2) is 13.8. The fourth-order valence-corrected chi connectivity index (χ4v) is 4.36. The molecule has 0 N–H and O–H groups in total. The van der Waals surface area contributed by atoms with Crippen LogP contribution < -0.4 is 0 Å². The Kier molecular flexibility index (Phi) is 11.2. The van der Waals surface area contributed by atoms with Crippen LogP contribution in [0.3, 0.4) is 0 Å². The topological polar surface area (TPSA) is 158 Å². The highest BCUT2D eigenvalue weighted by Crippen LogP contribution is 2.34. The normalized spacial score (nSPS) is 19.8. The molecule has 1 aliphatic heterocycles. The molecule has 0 amide bonds. The number of ether oxygens (including phenoxy) is 4. The summed E-state index contributed by atoms with van der Waals surface area (Å²) in [6.45, 7) is -1.83. The van der Waals surface area contributed by atoms with Crippen molar-refractivity contribution >= 4 is 23.9 Å². The maximum atomic E-state index is 13.5. The van der Waals surface area contributed by atoms with Crippen molar-refractivity contribution in [3.05, 3.63) is 21.5 Å². The van der Waals surface area contributed by atoms with Crippen molar-refractivity contribution in [1.29, 1.82) is 0 Å². The maximum absolute atomic E-state index is 13.5. The molecule has 2 atom stereocenters. The first-order valence-electron chi connectivity index (χ1n) is 11.5. The van der Waals surface area contributed by atoms with Gasteiger partial charge >= 0.3 is 23.9 Å². The fourth-order valence-electron chi connectivity index (χ4n) is 4.36. The van der Waals surface area contributed by atoms with E-state index in [1.807, 2.05) is 0 Å². The van der Waals surface area contributed by atoms with Gasteiger partial charge in [-0.25, -0.2) is 0 Å². The summed E-state index contributed by atoms with van der Waals surface area (Å²) in [6, 6.07) is -1.22. The first kappa shape index (κ1) is 29.1. The zero-order chi connectivity index (χ0) is 26.8. The lowest BCUT2D eigenvalue weighted by Crippen LogP contribution is -2.55. The van der Waals surface area contributed by atoms with Gasteiger partial charge in [0.05, 0.1) is 72.9 Å². The molecule has 14 heteroatoms. The summed E-state index contributed by atoms with van der Waals surface area (Å²) in [5.74, 6) is -2.60. The molecule has 0 spiro atoms. The third-order valence-corrected chi connectivity index (χ3v) is 6.23. The van der Waals surface area contributed by atoms with Crippen LogP contribution in [0.2, 0.25) is 0 Å². The highest BCUT2D eigenvalue weighted by molar-refractivity contribution is 5.75. The molecule has 0 radical (unpaired) electrons. The van der Waals surface area contributed by atoms with Crippen molar-refractivity contribution in [3.63, 3.8) is 0 Å². The molecule has 0 aromatic heterocycles. The van der Waals surface area contributed by atoms with Gasteiger partial charge in [0.25, 0.3) is 5.70 Å². The van der Waals surface area contributed by atoms with Crippen molar-refractivity contribution in [3.8, 4) is 0 Å². The van der Waals surface area contributed by atoms with Crippen LogP contribution in [-0.4, -0.2) is 123 Å². The summed E-state index contributed by atoms with van der Waals surface area (Å²) in [5, 5.41) is 14.3.